The maximum atomic E-state index is 12.6. The molecule has 276 valence electrons. The van der Waals surface area contributed by atoms with Crippen LogP contribution in [-0.2, 0) is 41.4 Å². The van der Waals surface area contributed by atoms with Crippen LogP contribution < -0.4 is 10.1 Å². The van der Waals surface area contributed by atoms with E-state index in [-0.39, 0.29) is 17.7 Å². The van der Waals surface area contributed by atoms with Crippen LogP contribution in [0.2, 0.25) is 0 Å². The lowest BCUT2D eigenvalue weighted by molar-refractivity contribution is -0.387. The molecule has 0 bridgehead atoms. The van der Waals surface area contributed by atoms with Crippen molar-refractivity contribution in [1.82, 2.24) is 20.3 Å². The Kier molecular flexibility index (Phi) is 16.7. The molecule has 18 heteroatoms. The smallest absolute Gasteiger partial charge is 0.311 e. The molecule has 2 aromatic rings. The van der Waals surface area contributed by atoms with Crippen molar-refractivity contribution >= 4 is 11.7 Å². The number of aliphatic hydroxyl groups excluding tert-OH is 4. The first kappa shape index (κ1) is 40.1. The molecule has 6 atom stereocenters. The van der Waals surface area contributed by atoms with Crippen LogP contribution in [0.3, 0.4) is 0 Å². The molecule has 0 saturated carbocycles. The molecular weight excluding hydrogens is 650 g/mol. The molecule has 1 aromatic heterocycles. The number of aliphatic hydroxyl groups is 4. The van der Waals surface area contributed by atoms with Crippen LogP contribution in [0.4, 0.5) is 5.69 Å². The fourth-order valence-corrected chi connectivity index (χ4v) is 4.62. The van der Waals surface area contributed by atoms with Gasteiger partial charge in [-0.1, -0.05) is 39.0 Å². The molecule has 2 heterocycles. The van der Waals surface area contributed by atoms with Crippen molar-refractivity contribution < 1.29 is 58.6 Å². The van der Waals surface area contributed by atoms with Gasteiger partial charge in [0.25, 0.3) is 0 Å². The molecule has 1 aliphatic heterocycles. The van der Waals surface area contributed by atoms with E-state index in [4.69, 9.17) is 28.4 Å². The van der Waals surface area contributed by atoms with Crippen molar-refractivity contribution in [2.75, 3.05) is 52.8 Å². The van der Waals surface area contributed by atoms with E-state index in [0.29, 0.717) is 57.9 Å². The van der Waals surface area contributed by atoms with Gasteiger partial charge in [0.15, 0.2) is 5.75 Å². The van der Waals surface area contributed by atoms with Crippen molar-refractivity contribution in [2.45, 2.75) is 83.5 Å². The van der Waals surface area contributed by atoms with Crippen molar-refractivity contribution in [1.29, 1.82) is 0 Å². The molecule has 1 aromatic carbocycles. The van der Waals surface area contributed by atoms with E-state index in [9.17, 15) is 35.3 Å². The molecule has 1 aliphatic rings. The molecule has 49 heavy (non-hydrogen) atoms. The Bertz CT molecular complexity index is 1290. The molecule has 0 amide bonds. The van der Waals surface area contributed by atoms with Gasteiger partial charge in [0.2, 0.25) is 6.29 Å². The average molecular weight is 700 g/mol. The summed E-state index contributed by atoms with van der Waals surface area (Å²) in [7, 11) is 0. The minimum Gasteiger partial charge on any atom is -0.457 e. The van der Waals surface area contributed by atoms with E-state index in [0.717, 1.165) is 12.6 Å². The Balaban J connectivity index is 1.58. The summed E-state index contributed by atoms with van der Waals surface area (Å²) in [5, 5.41) is 63.4. The topological polar surface area (TPSA) is 239 Å². The number of hydrogen-bond acceptors (Lipinski definition) is 16. The molecule has 0 aliphatic carbocycles. The number of carbonyl (C=O) groups excluding carboxylic acids is 1. The van der Waals surface area contributed by atoms with Crippen molar-refractivity contribution in [3.8, 4) is 5.75 Å². The summed E-state index contributed by atoms with van der Waals surface area (Å²) in [4.78, 5) is 23.9. The summed E-state index contributed by atoms with van der Waals surface area (Å²) >= 11 is 0. The molecule has 5 N–H and O–H groups in total. The van der Waals surface area contributed by atoms with Crippen LogP contribution in [0, 0.1) is 16.0 Å². The average Bonchev–Trinajstić information content (AvgIpc) is 3.51. The van der Waals surface area contributed by atoms with Crippen LogP contribution >= 0.6 is 0 Å². The zero-order valence-electron chi connectivity index (χ0n) is 28.3. The maximum Gasteiger partial charge on any atom is 0.311 e. The summed E-state index contributed by atoms with van der Waals surface area (Å²) in [6.45, 7) is 10.7. The highest BCUT2D eigenvalue weighted by Gasteiger charge is 2.45. The quantitative estimate of drug-likeness (QED) is 0.0466. The first-order chi connectivity index (χ1) is 23.4. The molecule has 0 radical (unpaired) electrons. The predicted octanol–water partition coefficient (Wildman–Crippen LogP) is -0.104. The van der Waals surface area contributed by atoms with Crippen LogP contribution in [0.15, 0.2) is 24.4 Å². The van der Waals surface area contributed by atoms with Crippen molar-refractivity contribution in [3.05, 3.63) is 45.8 Å². The number of benzene rings is 1. The van der Waals surface area contributed by atoms with Gasteiger partial charge in [0.05, 0.1) is 69.3 Å². The molecule has 3 rings (SSSR count). The summed E-state index contributed by atoms with van der Waals surface area (Å²) in [5.74, 6) is -1.35. The fraction of sp³-hybridized carbons (Fsp3) is 0.710. The van der Waals surface area contributed by atoms with Gasteiger partial charge in [0, 0.05) is 31.3 Å². The molecule has 1 saturated heterocycles. The van der Waals surface area contributed by atoms with Crippen LogP contribution in [0.25, 0.3) is 0 Å². The summed E-state index contributed by atoms with van der Waals surface area (Å²) in [5.41, 5.74) is 0.173. The van der Waals surface area contributed by atoms with Gasteiger partial charge in [-0.2, -0.15) is 0 Å². The third kappa shape index (κ3) is 12.8. The van der Waals surface area contributed by atoms with Gasteiger partial charge in [0.1, 0.15) is 30.5 Å². The molecular formula is C31H49N5O13. The number of nitrogens with one attached hydrogen (secondary N) is 1. The molecule has 3 unspecified atom stereocenters. The van der Waals surface area contributed by atoms with Crippen molar-refractivity contribution in [2.24, 2.45) is 5.92 Å². The van der Waals surface area contributed by atoms with Gasteiger partial charge < -0.3 is 54.2 Å². The lowest BCUT2D eigenvalue weighted by Gasteiger charge is -2.39. The van der Waals surface area contributed by atoms with Gasteiger partial charge >= 0.3 is 11.7 Å². The number of nitro benzene ring substituents is 1. The minimum atomic E-state index is -1.77. The second kappa shape index (κ2) is 20.4. The van der Waals surface area contributed by atoms with E-state index in [2.05, 4.69) is 29.5 Å². The number of nitro groups is 1. The van der Waals surface area contributed by atoms with Crippen molar-refractivity contribution in [3.63, 3.8) is 0 Å². The third-order valence-corrected chi connectivity index (χ3v) is 7.36. The van der Waals surface area contributed by atoms with E-state index in [1.807, 2.05) is 0 Å². The van der Waals surface area contributed by atoms with Crippen LogP contribution in [0.5, 0.6) is 5.75 Å². The SMILES string of the molecule is CC(C)NCCOCCOCCOCCn1cc(CC(OC(=O)C(C)C)c2ccc(O[C@@H]3OC(CO)[C@@H](O)C(O)[C@@H]3O)c([N+](=O)[O-])c2)nn1. The number of hydrogen-bond donors (Lipinski definition) is 5. The Hall–Kier alpha value is -3.33. The monoisotopic (exact) mass is 699 g/mol. The number of aromatic nitrogens is 3. The second-order valence-electron chi connectivity index (χ2n) is 12.0. The molecule has 18 nitrogen and oxygen atoms in total. The van der Waals surface area contributed by atoms with Crippen LogP contribution in [0.1, 0.15) is 45.1 Å². The van der Waals surface area contributed by atoms with Gasteiger partial charge in [-0.3, -0.25) is 14.9 Å². The highest BCUT2D eigenvalue weighted by Crippen LogP contribution is 2.35. The van der Waals surface area contributed by atoms with Crippen LogP contribution in [-0.4, -0.2) is 136 Å². The summed E-state index contributed by atoms with van der Waals surface area (Å²) in [6.07, 6.45) is -7.32. The number of rotatable bonds is 22. The van der Waals surface area contributed by atoms with E-state index in [1.165, 1.54) is 12.1 Å². The normalized spacial score (nSPS) is 21.6. The van der Waals surface area contributed by atoms with E-state index < -0.39 is 65.9 Å². The Morgan fingerprint density at radius 2 is 1.69 bits per heavy atom. The zero-order valence-corrected chi connectivity index (χ0v) is 28.3. The van der Waals surface area contributed by atoms with E-state index in [1.54, 1.807) is 24.7 Å². The minimum absolute atomic E-state index is 0.0484. The number of carbonyl (C=O) groups is 1. The number of nitrogens with zero attached hydrogens (tertiary/aromatic N) is 4. The Morgan fingerprint density at radius 3 is 2.33 bits per heavy atom. The van der Waals surface area contributed by atoms with Gasteiger partial charge in [-0.15, -0.1) is 5.10 Å². The standard InChI is InChI=1S/C31H49N5O13/c1-19(2)30(41)47-25(16-22-17-35(34-33-22)8-10-45-12-14-46-13-11-44-9-7-32-20(3)4)21-5-6-24(23(15-21)36(42)43)48-31-29(40)28(39)27(38)26(18-37)49-31/h5-6,15,17,19-20,25-29,31-32,37-40H,7-14,16,18H2,1-4H3/t25?,26?,27-,28?,29+,31-/m1/s1. The summed E-state index contributed by atoms with van der Waals surface area (Å²) in [6, 6.07) is 4.26. The number of ether oxygens (including phenoxy) is 6. The Morgan fingerprint density at radius 1 is 1.02 bits per heavy atom. The lowest BCUT2D eigenvalue weighted by atomic mass is 9.99. The lowest BCUT2D eigenvalue weighted by Crippen LogP contribution is -2.60. The zero-order chi connectivity index (χ0) is 35.9. The predicted molar refractivity (Wildman–Crippen MR) is 170 cm³/mol. The summed E-state index contributed by atoms with van der Waals surface area (Å²) < 4.78 is 34.7. The first-order valence-corrected chi connectivity index (χ1v) is 16.2. The van der Waals surface area contributed by atoms with Gasteiger partial charge in [-0.25, -0.2) is 4.68 Å². The maximum absolute atomic E-state index is 12.6. The molecule has 1 fully saturated rings. The molecule has 0 spiro atoms. The van der Waals surface area contributed by atoms with E-state index >= 15 is 0 Å². The Labute approximate surface area is 284 Å². The van der Waals surface area contributed by atoms with Gasteiger partial charge in [-0.05, 0) is 11.6 Å². The largest absolute Gasteiger partial charge is 0.457 e. The number of esters is 1. The third-order valence-electron chi connectivity index (χ3n) is 7.36. The highest BCUT2D eigenvalue weighted by molar-refractivity contribution is 5.72. The highest BCUT2D eigenvalue weighted by atomic mass is 16.7. The fourth-order valence-electron chi connectivity index (χ4n) is 4.62. The first-order valence-electron chi connectivity index (χ1n) is 16.2. The second-order valence-corrected chi connectivity index (χ2v) is 12.0.